The van der Waals surface area contributed by atoms with E-state index >= 15 is 0 Å². The van der Waals surface area contributed by atoms with Gasteiger partial charge in [-0.15, -0.1) is 0 Å². The van der Waals surface area contributed by atoms with Gasteiger partial charge in [0.25, 0.3) is 0 Å². The van der Waals surface area contributed by atoms with Crippen molar-refractivity contribution in [3.8, 4) is 17.3 Å². The van der Waals surface area contributed by atoms with Crippen molar-refractivity contribution in [2.75, 3.05) is 32.8 Å². The van der Waals surface area contributed by atoms with Gasteiger partial charge in [-0.3, -0.25) is 14.6 Å². The number of ether oxygens (including phenoxy) is 3. The molecule has 1 aliphatic rings. The van der Waals surface area contributed by atoms with Crippen LogP contribution in [0, 0.1) is 17.6 Å². The number of carbonyl (C=O) groups is 2. The first-order valence-electron chi connectivity index (χ1n) is 10.6. The maximum absolute atomic E-state index is 14.4. The molecule has 11 heteroatoms. The molecule has 3 aromatic rings. The molecule has 1 atom stereocenters. The van der Waals surface area contributed by atoms with E-state index in [0.29, 0.717) is 29.2 Å². The minimum atomic E-state index is -1.45. The standard InChI is InChI=1S/C24H22F2N4O5/c1-33-18-11-13(10-15(25)20(18)26)30-9-7-16-14(21(30)19(23(31)34-2)24(32)35-3)12-28-22(29-16)17-6-4-5-8-27-17/h4-6,8,10-12,19,21H,7,9H2,1-3H3. The molecule has 0 N–H and O–H groups in total. The number of carbonyl (C=O) groups excluding carboxylic acids is 2. The highest BCUT2D eigenvalue weighted by Crippen LogP contribution is 2.41. The average molecular weight is 484 g/mol. The number of esters is 2. The first kappa shape index (κ1) is 24.0. The molecule has 0 radical (unpaired) electrons. The predicted molar refractivity (Wildman–Crippen MR) is 119 cm³/mol. The van der Waals surface area contributed by atoms with Crippen LogP contribution in [0.25, 0.3) is 11.5 Å². The van der Waals surface area contributed by atoms with Gasteiger partial charge in [-0.05, 0) is 12.1 Å². The van der Waals surface area contributed by atoms with Crippen LogP contribution in [0.15, 0.2) is 42.7 Å². The van der Waals surface area contributed by atoms with E-state index in [1.54, 1.807) is 29.3 Å². The van der Waals surface area contributed by atoms with Crippen LogP contribution in [0.3, 0.4) is 0 Å². The minimum absolute atomic E-state index is 0.197. The molecular formula is C24H22F2N4O5. The van der Waals surface area contributed by atoms with Crippen LogP contribution >= 0.6 is 0 Å². The summed E-state index contributed by atoms with van der Waals surface area (Å²) in [6.07, 6.45) is 3.48. The lowest BCUT2D eigenvalue weighted by Gasteiger charge is -2.40. The highest BCUT2D eigenvalue weighted by atomic mass is 19.2. The van der Waals surface area contributed by atoms with Gasteiger partial charge in [0.2, 0.25) is 5.82 Å². The quantitative estimate of drug-likeness (QED) is 0.386. The van der Waals surface area contributed by atoms with E-state index in [1.165, 1.54) is 19.4 Å². The van der Waals surface area contributed by atoms with E-state index in [2.05, 4.69) is 15.0 Å². The largest absolute Gasteiger partial charge is 0.493 e. The fourth-order valence-electron chi connectivity index (χ4n) is 4.15. The van der Waals surface area contributed by atoms with Crippen LogP contribution in [0.5, 0.6) is 5.75 Å². The lowest BCUT2D eigenvalue weighted by molar-refractivity contribution is -0.160. The minimum Gasteiger partial charge on any atom is -0.493 e. The summed E-state index contributed by atoms with van der Waals surface area (Å²) >= 11 is 0. The van der Waals surface area contributed by atoms with E-state index in [1.807, 2.05) is 0 Å². The Morgan fingerprint density at radius 3 is 2.46 bits per heavy atom. The molecule has 0 spiro atoms. The summed E-state index contributed by atoms with van der Waals surface area (Å²) in [7, 11) is 3.50. The van der Waals surface area contributed by atoms with E-state index in [4.69, 9.17) is 14.2 Å². The topological polar surface area (TPSA) is 104 Å². The van der Waals surface area contributed by atoms with Crippen LogP contribution < -0.4 is 9.64 Å². The van der Waals surface area contributed by atoms with Gasteiger partial charge >= 0.3 is 11.9 Å². The van der Waals surface area contributed by atoms with Gasteiger partial charge in [0.05, 0.1) is 33.1 Å². The van der Waals surface area contributed by atoms with Crippen molar-refractivity contribution in [3.05, 3.63) is 65.6 Å². The smallest absolute Gasteiger partial charge is 0.322 e. The Morgan fingerprint density at radius 2 is 1.83 bits per heavy atom. The fraction of sp³-hybridized carbons (Fsp3) is 0.292. The van der Waals surface area contributed by atoms with Gasteiger partial charge in [0, 0.05) is 48.7 Å². The fourth-order valence-corrected chi connectivity index (χ4v) is 4.15. The number of methoxy groups -OCH3 is 3. The lowest BCUT2D eigenvalue weighted by Crippen LogP contribution is -2.46. The lowest BCUT2D eigenvalue weighted by atomic mass is 9.86. The number of nitrogens with zero attached hydrogens (tertiary/aromatic N) is 4. The molecule has 2 aromatic heterocycles. The summed E-state index contributed by atoms with van der Waals surface area (Å²) < 4.78 is 43.3. The van der Waals surface area contributed by atoms with E-state index in [0.717, 1.165) is 20.3 Å². The van der Waals surface area contributed by atoms with E-state index in [9.17, 15) is 18.4 Å². The molecule has 4 rings (SSSR count). The maximum atomic E-state index is 14.4. The van der Waals surface area contributed by atoms with Crippen molar-refractivity contribution < 1.29 is 32.6 Å². The highest BCUT2D eigenvalue weighted by Gasteiger charge is 2.45. The zero-order chi connectivity index (χ0) is 25.1. The zero-order valence-electron chi connectivity index (χ0n) is 19.2. The van der Waals surface area contributed by atoms with Crippen molar-refractivity contribution in [2.45, 2.75) is 12.5 Å². The number of benzene rings is 1. The van der Waals surface area contributed by atoms with Gasteiger partial charge in [-0.1, -0.05) is 6.07 Å². The Labute approximate surface area is 199 Å². The van der Waals surface area contributed by atoms with Crippen LogP contribution in [-0.2, 0) is 25.5 Å². The second-order valence-electron chi connectivity index (χ2n) is 7.67. The molecule has 0 bridgehead atoms. The molecule has 1 aromatic carbocycles. The first-order valence-corrected chi connectivity index (χ1v) is 10.6. The molecule has 182 valence electrons. The van der Waals surface area contributed by atoms with Gasteiger partial charge in [-0.2, -0.15) is 4.39 Å². The van der Waals surface area contributed by atoms with Crippen LogP contribution in [0.1, 0.15) is 17.3 Å². The van der Waals surface area contributed by atoms with E-state index in [-0.39, 0.29) is 18.0 Å². The molecule has 3 heterocycles. The van der Waals surface area contributed by atoms with Gasteiger partial charge in [-0.25, -0.2) is 14.4 Å². The molecule has 35 heavy (non-hydrogen) atoms. The average Bonchev–Trinajstić information content (AvgIpc) is 2.90. The molecule has 0 fully saturated rings. The summed E-state index contributed by atoms with van der Waals surface area (Å²) in [6.45, 7) is 0.217. The zero-order valence-corrected chi connectivity index (χ0v) is 19.2. The van der Waals surface area contributed by atoms with Crippen molar-refractivity contribution >= 4 is 17.6 Å². The van der Waals surface area contributed by atoms with Gasteiger partial charge < -0.3 is 19.1 Å². The molecule has 0 saturated heterocycles. The Morgan fingerprint density at radius 1 is 1.09 bits per heavy atom. The Hall–Kier alpha value is -4.15. The second-order valence-corrected chi connectivity index (χ2v) is 7.67. The monoisotopic (exact) mass is 484 g/mol. The summed E-state index contributed by atoms with van der Waals surface area (Å²) in [5, 5.41) is 0. The second kappa shape index (κ2) is 10.00. The summed E-state index contributed by atoms with van der Waals surface area (Å²) in [4.78, 5) is 40.4. The number of pyridine rings is 1. The summed E-state index contributed by atoms with van der Waals surface area (Å²) in [5.41, 5.74) is 1.77. The summed E-state index contributed by atoms with van der Waals surface area (Å²) in [6, 6.07) is 6.58. The predicted octanol–water partition coefficient (Wildman–Crippen LogP) is 2.89. The number of rotatable bonds is 6. The molecule has 1 aliphatic heterocycles. The molecule has 0 aliphatic carbocycles. The van der Waals surface area contributed by atoms with Crippen molar-refractivity contribution in [2.24, 2.45) is 5.92 Å². The van der Waals surface area contributed by atoms with Crippen molar-refractivity contribution in [1.82, 2.24) is 15.0 Å². The third-order valence-corrected chi connectivity index (χ3v) is 5.80. The van der Waals surface area contributed by atoms with Crippen molar-refractivity contribution in [1.29, 1.82) is 0 Å². The van der Waals surface area contributed by atoms with Gasteiger partial charge in [0.1, 0.15) is 5.69 Å². The SMILES string of the molecule is COC(=O)C(C(=O)OC)C1c2cnc(-c3ccccn3)nc2CCN1c1cc(F)c(F)c(OC)c1. The number of halogens is 2. The maximum Gasteiger partial charge on any atom is 0.322 e. The number of hydrogen-bond donors (Lipinski definition) is 0. The number of anilines is 1. The van der Waals surface area contributed by atoms with Crippen LogP contribution in [-0.4, -0.2) is 54.8 Å². The molecular weight excluding hydrogens is 462 g/mol. The number of aromatic nitrogens is 3. The van der Waals surface area contributed by atoms with E-state index < -0.39 is 35.5 Å². The molecule has 0 amide bonds. The Bertz CT molecular complexity index is 1240. The molecule has 9 nitrogen and oxygen atoms in total. The Kier molecular flexibility index (Phi) is 6.85. The summed E-state index contributed by atoms with van der Waals surface area (Å²) in [5.74, 6) is -5.40. The van der Waals surface area contributed by atoms with Crippen LogP contribution in [0.2, 0.25) is 0 Å². The Balaban J connectivity index is 1.88. The van der Waals surface area contributed by atoms with Crippen LogP contribution in [0.4, 0.5) is 14.5 Å². The third-order valence-electron chi connectivity index (χ3n) is 5.80. The molecule has 0 saturated carbocycles. The normalized spacial score (nSPS) is 14.9. The third kappa shape index (κ3) is 4.48. The van der Waals surface area contributed by atoms with Gasteiger partial charge in [0.15, 0.2) is 23.3 Å². The van der Waals surface area contributed by atoms with Crippen molar-refractivity contribution in [3.63, 3.8) is 0 Å². The first-order chi connectivity index (χ1) is 16.9. The number of fused-ring (bicyclic) bond motifs is 1. The molecule has 1 unspecified atom stereocenters. The highest BCUT2D eigenvalue weighted by molar-refractivity contribution is 5.96. The number of hydrogen-bond acceptors (Lipinski definition) is 9.